The number of Topliss-reactive ketones (excluding diaryl/α,β-unsaturated/α-hetero) is 1. The Kier molecular flexibility index (Phi) is 6.09. The Morgan fingerprint density at radius 2 is 1.85 bits per heavy atom. The summed E-state index contributed by atoms with van der Waals surface area (Å²) in [5.74, 6) is 0.0379. The molecule has 2 aromatic carbocycles. The number of nitrogens with zero attached hydrogens (tertiary/aromatic N) is 1. The van der Waals surface area contributed by atoms with Gasteiger partial charge in [-0.2, -0.15) is 0 Å². The molecular weight excluding hydrogens is 426 g/mol. The third-order valence-electron chi connectivity index (χ3n) is 6.25. The second-order valence-corrected chi connectivity index (χ2v) is 8.42. The summed E-state index contributed by atoms with van der Waals surface area (Å²) >= 11 is 0. The van der Waals surface area contributed by atoms with Crippen molar-refractivity contribution >= 4 is 34.3 Å². The van der Waals surface area contributed by atoms with Crippen molar-refractivity contribution in [1.29, 1.82) is 0 Å². The maximum Gasteiger partial charge on any atom is 0.339 e. The van der Waals surface area contributed by atoms with Gasteiger partial charge in [-0.15, -0.1) is 0 Å². The van der Waals surface area contributed by atoms with Crippen LogP contribution in [0.2, 0.25) is 0 Å². The molecule has 0 N–H and O–H groups in total. The van der Waals surface area contributed by atoms with E-state index in [0.717, 1.165) is 64.7 Å². The van der Waals surface area contributed by atoms with Crippen LogP contribution in [-0.4, -0.2) is 23.3 Å². The Morgan fingerprint density at radius 3 is 2.62 bits per heavy atom. The first-order valence-corrected chi connectivity index (χ1v) is 11.6. The Morgan fingerprint density at radius 1 is 1.03 bits per heavy atom. The summed E-state index contributed by atoms with van der Waals surface area (Å²) in [5, 5.41) is 0.741. The zero-order chi connectivity index (χ0) is 23.5. The van der Waals surface area contributed by atoms with Crippen LogP contribution in [0.4, 0.5) is 0 Å². The third-order valence-corrected chi connectivity index (χ3v) is 6.25. The molecule has 5 rings (SSSR count). The minimum atomic E-state index is -0.493. The lowest BCUT2D eigenvalue weighted by atomic mass is 9.86. The molecular formula is C29H25NO4. The minimum Gasteiger partial charge on any atom is -0.465 e. The molecule has 1 aliphatic rings. The number of furan rings is 1. The van der Waals surface area contributed by atoms with E-state index < -0.39 is 5.97 Å². The summed E-state index contributed by atoms with van der Waals surface area (Å²) < 4.78 is 11.1. The van der Waals surface area contributed by atoms with Crippen LogP contribution >= 0.6 is 0 Å². The zero-order valence-corrected chi connectivity index (χ0v) is 19.0. The Bertz CT molecular complexity index is 1380. The van der Waals surface area contributed by atoms with E-state index in [4.69, 9.17) is 14.1 Å². The average Bonchev–Trinajstić information content (AvgIpc) is 3.39. The summed E-state index contributed by atoms with van der Waals surface area (Å²) in [5.41, 5.74) is 5.61. The van der Waals surface area contributed by atoms with Crippen LogP contribution in [0, 0.1) is 0 Å². The predicted molar refractivity (Wildman–Crippen MR) is 132 cm³/mol. The van der Waals surface area contributed by atoms with Gasteiger partial charge in [-0.05, 0) is 66.7 Å². The second-order valence-electron chi connectivity index (χ2n) is 8.42. The number of para-hydroxylation sites is 1. The molecule has 0 aliphatic heterocycles. The fourth-order valence-corrected chi connectivity index (χ4v) is 4.47. The third kappa shape index (κ3) is 4.29. The average molecular weight is 452 g/mol. The molecule has 0 spiro atoms. The SMILES string of the molecule is CCc1ccc(C(=O)COC(=O)c2c3c(nc4ccccc24)/C(=C\c2ccco2)CCC3)cc1. The lowest BCUT2D eigenvalue weighted by Gasteiger charge is -2.22. The molecule has 5 heteroatoms. The van der Waals surface area contributed by atoms with Crippen LogP contribution in [0.15, 0.2) is 71.3 Å². The number of benzene rings is 2. The number of esters is 1. The van der Waals surface area contributed by atoms with Gasteiger partial charge in [0.2, 0.25) is 0 Å². The second kappa shape index (κ2) is 9.48. The number of fused-ring (bicyclic) bond motifs is 2. The highest BCUT2D eigenvalue weighted by Crippen LogP contribution is 2.36. The summed E-state index contributed by atoms with van der Waals surface area (Å²) in [6.45, 7) is 1.76. The number of ketones is 1. The first-order valence-electron chi connectivity index (χ1n) is 11.6. The number of rotatable bonds is 6. The van der Waals surface area contributed by atoms with Gasteiger partial charge in [0.15, 0.2) is 12.4 Å². The van der Waals surface area contributed by atoms with Crippen LogP contribution < -0.4 is 0 Å². The van der Waals surface area contributed by atoms with Crippen molar-refractivity contribution in [3.05, 3.63) is 101 Å². The fraction of sp³-hybridized carbons (Fsp3) is 0.207. The zero-order valence-electron chi connectivity index (χ0n) is 19.0. The highest BCUT2D eigenvalue weighted by atomic mass is 16.5. The van der Waals surface area contributed by atoms with E-state index in [1.165, 1.54) is 0 Å². The van der Waals surface area contributed by atoms with Gasteiger partial charge < -0.3 is 9.15 Å². The first kappa shape index (κ1) is 21.8. The quantitative estimate of drug-likeness (QED) is 0.254. The van der Waals surface area contributed by atoms with Gasteiger partial charge in [0.05, 0.1) is 23.0 Å². The topological polar surface area (TPSA) is 69.4 Å². The molecule has 0 unspecified atom stereocenters. The highest BCUT2D eigenvalue weighted by molar-refractivity contribution is 6.07. The van der Waals surface area contributed by atoms with Gasteiger partial charge in [-0.3, -0.25) is 4.79 Å². The van der Waals surface area contributed by atoms with E-state index >= 15 is 0 Å². The summed E-state index contributed by atoms with van der Waals surface area (Å²) in [7, 11) is 0. The molecule has 4 aromatic rings. The number of aromatic nitrogens is 1. The Labute approximate surface area is 198 Å². The largest absolute Gasteiger partial charge is 0.465 e. The minimum absolute atomic E-state index is 0.221. The van der Waals surface area contributed by atoms with Crippen LogP contribution in [0.25, 0.3) is 22.6 Å². The maximum absolute atomic E-state index is 13.4. The Hall–Kier alpha value is -3.99. The number of pyridine rings is 1. The van der Waals surface area contributed by atoms with Gasteiger partial charge in [0.25, 0.3) is 0 Å². The summed E-state index contributed by atoms with van der Waals surface area (Å²) in [6, 6.07) is 18.7. The summed E-state index contributed by atoms with van der Waals surface area (Å²) in [4.78, 5) is 30.9. The van der Waals surface area contributed by atoms with Crippen molar-refractivity contribution in [3.8, 4) is 0 Å². The van der Waals surface area contributed by atoms with E-state index in [9.17, 15) is 9.59 Å². The molecule has 34 heavy (non-hydrogen) atoms. The van der Waals surface area contributed by atoms with Crippen molar-refractivity contribution in [3.63, 3.8) is 0 Å². The molecule has 0 saturated carbocycles. The molecule has 0 radical (unpaired) electrons. The molecule has 0 fully saturated rings. The number of allylic oxidation sites excluding steroid dienone is 1. The van der Waals surface area contributed by atoms with Crippen molar-refractivity contribution in [1.82, 2.24) is 4.98 Å². The molecule has 1 aliphatic carbocycles. The van der Waals surface area contributed by atoms with Gasteiger partial charge in [-0.25, -0.2) is 9.78 Å². The van der Waals surface area contributed by atoms with Crippen molar-refractivity contribution < 1.29 is 18.7 Å². The van der Waals surface area contributed by atoms with Crippen LogP contribution in [0.5, 0.6) is 0 Å². The number of ether oxygens (including phenoxy) is 1. The summed E-state index contributed by atoms with van der Waals surface area (Å²) in [6.07, 6.45) is 6.99. The van der Waals surface area contributed by atoms with E-state index in [1.54, 1.807) is 18.4 Å². The molecule has 2 aromatic heterocycles. The van der Waals surface area contributed by atoms with Crippen LogP contribution in [-0.2, 0) is 17.6 Å². The van der Waals surface area contributed by atoms with Crippen LogP contribution in [0.3, 0.4) is 0 Å². The number of carbonyl (C=O) groups is 2. The number of hydrogen-bond acceptors (Lipinski definition) is 5. The normalized spacial score (nSPS) is 14.2. The smallest absolute Gasteiger partial charge is 0.339 e. The molecule has 0 atom stereocenters. The fourth-order valence-electron chi connectivity index (χ4n) is 4.47. The molecule has 170 valence electrons. The molecule has 2 heterocycles. The number of carbonyl (C=O) groups excluding carboxylic acids is 2. The van der Waals surface area contributed by atoms with Crippen molar-refractivity contribution in [2.75, 3.05) is 6.61 Å². The van der Waals surface area contributed by atoms with Crippen LogP contribution in [0.1, 0.15) is 63.1 Å². The Balaban J connectivity index is 1.48. The van der Waals surface area contributed by atoms with E-state index in [1.807, 2.05) is 54.6 Å². The van der Waals surface area contributed by atoms with Crippen molar-refractivity contribution in [2.24, 2.45) is 0 Å². The lowest BCUT2D eigenvalue weighted by molar-refractivity contribution is 0.0475. The molecule has 0 amide bonds. The molecule has 5 nitrogen and oxygen atoms in total. The number of aryl methyl sites for hydroxylation is 1. The maximum atomic E-state index is 13.4. The van der Waals surface area contributed by atoms with Crippen molar-refractivity contribution in [2.45, 2.75) is 32.6 Å². The lowest BCUT2D eigenvalue weighted by Crippen LogP contribution is -2.18. The van der Waals surface area contributed by atoms with E-state index in [-0.39, 0.29) is 12.4 Å². The van der Waals surface area contributed by atoms with Gasteiger partial charge in [0, 0.05) is 10.9 Å². The standard InChI is InChI=1S/C29H25NO4/c1-2-19-12-14-20(15-13-19)26(31)18-34-29(32)27-23-9-3-4-11-25(23)30-28-21(7-5-10-24(27)28)17-22-8-6-16-33-22/h3-4,6,8-9,11-17H,2,5,7,10,18H2,1H3/b21-17-. The number of hydrogen-bond donors (Lipinski definition) is 0. The predicted octanol–water partition coefficient (Wildman–Crippen LogP) is 6.31. The molecule has 0 saturated heterocycles. The monoisotopic (exact) mass is 451 g/mol. The highest BCUT2D eigenvalue weighted by Gasteiger charge is 2.26. The van der Waals surface area contributed by atoms with E-state index in [2.05, 4.69) is 6.92 Å². The van der Waals surface area contributed by atoms with Gasteiger partial charge >= 0.3 is 5.97 Å². The molecule has 0 bridgehead atoms. The van der Waals surface area contributed by atoms with Gasteiger partial charge in [-0.1, -0.05) is 49.4 Å². The first-order chi connectivity index (χ1) is 16.6. The van der Waals surface area contributed by atoms with Gasteiger partial charge in [0.1, 0.15) is 5.76 Å². The van der Waals surface area contributed by atoms with E-state index in [0.29, 0.717) is 11.1 Å².